The van der Waals surface area contributed by atoms with Crippen molar-refractivity contribution in [3.05, 3.63) is 99.5 Å². The van der Waals surface area contributed by atoms with Gasteiger partial charge in [0.15, 0.2) is 6.61 Å². The molecular weight excluding hydrogens is 540 g/mol. The molecule has 1 aliphatic carbocycles. The van der Waals surface area contributed by atoms with Crippen LogP contribution in [-0.2, 0) is 22.6 Å². The van der Waals surface area contributed by atoms with Crippen molar-refractivity contribution in [3.63, 3.8) is 0 Å². The molecule has 0 unspecified atom stereocenters. The smallest absolute Gasteiger partial charge is 0.261 e. The van der Waals surface area contributed by atoms with Crippen molar-refractivity contribution >= 4 is 39.3 Å². The zero-order valence-electron chi connectivity index (χ0n) is 20.0. The predicted molar refractivity (Wildman–Crippen MR) is 146 cm³/mol. The molecule has 1 atom stereocenters. The topological polar surface area (TPSA) is 58.6 Å². The highest BCUT2D eigenvalue weighted by Crippen LogP contribution is 2.23. The Morgan fingerprint density at radius 1 is 0.972 bits per heavy atom. The van der Waals surface area contributed by atoms with Gasteiger partial charge in [-0.2, -0.15) is 0 Å². The van der Waals surface area contributed by atoms with E-state index < -0.39 is 6.04 Å². The third-order valence-corrected chi connectivity index (χ3v) is 7.34. The largest absolute Gasteiger partial charge is 0.484 e. The Balaban J connectivity index is 1.61. The lowest BCUT2D eigenvalue weighted by molar-refractivity contribution is -0.143. The Bertz CT molecular complexity index is 1150. The number of carbonyl (C=O) groups excluding carboxylic acids is 2. The molecule has 5 nitrogen and oxygen atoms in total. The minimum atomic E-state index is -0.703. The van der Waals surface area contributed by atoms with Crippen molar-refractivity contribution in [2.75, 3.05) is 6.61 Å². The summed E-state index contributed by atoms with van der Waals surface area (Å²) < 4.78 is 6.73. The lowest BCUT2D eigenvalue weighted by Gasteiger charge is -2.32. The molecule has 36 heavy (non-hydrogen) atoms. The molecule has 1 aliphatic rings. The van der Waals surface area contributed by atoms with Gasteiger partial charge in [-0.05, 0) is 54.3 Å². The van der Waals surface area contributed by atoms with E-state index in [4.69, 9.17) is 16.3 Å². The highest BCUT2D eigenvalue weighted by Gasteiger charge is 2.32. The number of hydrogen-bond acceptors (Lipinski definition) is 3. The Hall–Kier alpha value is -2.83. The van der Waals surface area contributed by atoms with Gasteiger partial charge in [0, 0.05) is 28.5 Å². The van der Waals surface area contributed by atoms with Gasteiger partial charge < -0.3 is 15.0 Å². The Kier molecular flexibility index (Phi) is 9.42. The minimum absolute atomic E-state index is 0.144. The van der Waals surface area contributed by atoms with Crippen molar-refractivity contribution in [2.45, 2.75) is 50.7 Å². The monoisotopic (exact) mass is 568 g/mol. The molecular formula is C29H30BrClN2O3. The highest BCUT2D eigenvalue weighted by atomic mass is 79.9. The fraction of sp³-hybridized carbons (Fsp3) is 0.310. The molecule has 1 saturated carbocycles. The molecule has 7 heteroatoms. The van der Waals surface area contributed by atoms with Gasteiger partial charge in [-0.1, -0.05) is 88.9 Å². The van der Waals surface area contributed by atoms with E-state index in [2.05, 4.69) is 21.2 Å². The molecule has 4 rings (SSSR count). The van der Waals surface area contributed by atoms with Crippen LogP contribution in [0.25, 0.3) is 0 Å². The number of nitrogens with zero attached hydrogens (tertiary/aromatic N) is 1. The first-order chi connectivity index (χ1) is 17.5. The van der Waals surface area contributed by atoms with Crippen molar-refractivity contribution in [1.29, 1.82) is 0 Å². The van der Waals surface area contributed by atoms with Crippen molar-refractivity contribution < 1.29 is 14.3 Å². The Morgan fingerprint density at radius 2 is 1.64 bits per heavy atom. The van der Waals surface area contributed by atoms with E-state index in [1.165, 1.54) is 0 Å². The molecule has 0 aromatic heterocycles. The molecule has 0 saturated heterocycles. The van der Waals surface area contributed by atoms with Gasteiger partial charge in [0.1, 0.15) is 11.8 Å². The third kappa shape index (κ3) is 7.34. The van der Waals surface area contributed by atoms with Crippen LogP contribution in [0, 0.1) is 0 Å². The SMILES string of the molecule is O=C(NC1CCCC1)[C@H](Cc1ccccc1)N(Cc1ccccc1Cl)C(=O)COc1ccc(Br)cc1. The van der Waals surface area contributed by atoms with Crippen LogP contribution in [0.4, 0.5) is 0 Å². The summed E-state index contributed by atoms with van der Waals surface area (Å²) in [5.74, 6) is 0.161. The maximum Gasteiger partial charge on any atom is 0.261 e. The quantitative estimate of drug-likeness (QED) is 0.317. The number of benzene rings is 3. The van der Waals surface area contributed by atoms with Crippen molar-refractivity contribution in [2.24, 2.45) is 0 Å². The van der Waals surface area contributed by atoms with Gasteiger partial charge >= 0.3 is 0 Å². The second kappa shape index (κ2) is 12.9. The van der Waals surface area contributed by atoms with Crippen LogP contribution >= 0.6 is 27.5 Å². The fourth-order valence-electron chi connectivity index (χ4n) is 4.49. The van der Waals surface area contributed by atoms with Crippen LogP contribution in [0.15, 0.2) is 83.3 Å². The molecule has 3 aromatic rings. The molecule has 0 radical (unpaired) electrons. The van der Waals surface area contributed by atoms with E-state index in [1.807, 2.05) is 60.7 Å². The summed E-state index contributed by atoms with van der Waals surface area (Å²) in [7, 11) is 0. The maximum atomic E-state index is 13.7. The Labute approximate surface area is 225 Å². The first-order valence-corrected chi connectivity index (χ1v) is 13.4. The molecule has 1 fully saturated rings. The number of halogens is 2. The van der Waals surface area contributed by atoms with E-state index in [0.717, 1.165) is 41.3 Å². The number of amides is 2. The summed E-state index contributed by atoms with van der Waals surface area (Å²) in [6.07, 6.45) is 4.55. The highest BCUT2D eigenvalue weighted by molar-refractivity contribution is 9.10. The van der Waals surface area contributed by atoms with E-state index >= 15 is 0 Å². The van der Waals surface area contributed by atoms with E-state index in [0.29, 0.717) is 17.2 Å². The second-order valence-electron chi connectivity index (χ2n) is 9.05. The zero-order valence-corrected chi connectivity index (χ0v) is 22.4. The maximum absolute atomic E-state index is 13.7. The summed E-state index contributed by atoms with van der Waals surface area (Å²) in [5, 5.41) is 3.76. The van der Waals surface area contributed by atoms with Crippen LogP contribution in [0.3, 0.4) is 0 Å². The van der Waals surface area contributed by atoms with Crippen LogP contribution in [0.5, 0.6) is 5.75 Å². The van der Waals surface area contributed by atoms with Crippen LogP contribution in [0.2, 0.25) is 5.02 Å². The van der Waals surface area contributed by atoms with Crippen LogP contribution in [-0.4, -0.2) is 35.4 Å². The molecule has 0 bridgehead atoms. The standard InChI is InChI=1S/C29H30BrClN2O3/c30-23-14-16-25(17-15-23)36-20-28(34)33(19-22-10-4-7-13-26(22)31)27(18-21-8-2-1-3-9-21)29(35)32-24-11-5-6-12-24/h1-4,7-10,13-17,24,27H,5-6,11-12,18-20H2,(H,32,35)/t27-/m0/s1. The van der Waals surface area contributed by atoms with Crippen LogP contribution < -0.4 is 10.1 Å². The molecule has 2 amide bonds. The Morgan fingerprint density at radius 3 is 2.33 bits per heavy atom. The summed E-state index contributed by atoms with van der Waals surface area (Å²) in [6, 6.07) is 23.9. The van der Waals surface area contributed by atoms with Crippen molar-refractivity contribution in [1.82, 2.24) is 10.2 Å². The van der Waals surface area contributed by atoms with Crippen molar-refractivity contribution in [3.8, 4) is 5.75 Å². The van der Waals surface area contributed by atoms with Gasteiger partial charge in [0.05, 0.1) is 0 Å². The van der Waals surface area contributed by atoms with Gasteiger partial charge in [-0.15, -0.1) is 0 Å². The second-order valence-corrected chi connectivity index (χ2v) is 10.4. The molecule has 1 N–H and O–H groups in total. The lowest BCUT2D eigenvalue weighted by atomic mass is 10.0. The number of carbonyl (C=O) groups is 2. The predicted octanol–water partition coefficient (Wildman–Crippen LogP) is 6.18. The summed E-state index contributed by atoms with van der Waals surface area (Å²) in [4.78, 5) is 28.9. The first kappa shape index (κ1) is 26.2. The average Bonchev–Trinajstić information content (AvgIpc) is 3.40. The normalized spacial score (nSPS) is 14.3. The van der Waals surface area contributed by atoms with E-state index in [-0.39, 0.29) is 31.0 Å². The van der Waals surface area contributed by atoms with Gasteiger partial charge in [-0.25, -0.2) is 0 Å². The number of rotatable bonds is 10. The van der Waals surface area contributed by atoms with E-state index in [9.17, 15) is 9.59 Å². The lowest BCUT2D eigenvalue weighted by Crippen LogP contribution is -2.53. The van der Waals surface area contributed by atoms with E-state index in [1.54, 1.807) is 23.1 Å². The summed E-state index contributed by atoms with van der Waals surface area (Å²) in [6.45, 7) is 0.0197. The number of hydrogen-bond donors (Lipinski definition) is 1. The first-order valence-electron chi connectivity index (χ1n) is 12.2. The van der Waals surface area contributed by atoms with Crippen LogP contribution in [0.1, 0.15) is 36.8 Å². The van der Waals surface area contributed by atoms with Gasteiger partial charge in [-0.3, -0.25) is 9.59 Å². The number of nitrogens with one attached hydrogen (secondary N) is 1. The fourth-order valence-corrected chi connectivity index (χ4v) is 4.95. The number of ether oxygens (including phenoxy) is 1. The average molecular weight is 570 g/mol. The molecule has 188 valence electrons. The van der Waals surface area contributed by atoms with Gasteiger partial charge in [0.25, 0.3) is 5.91 Å². The minimum Gasteiger partial charge on any atom is -0.484 e. The summed E-state index contributed by atoms with van der Waals surface area (Å²) >= 11 is 9.88. The molecule has 0 spiro atoms. The van der Waals surface area contributed by atoms with Gasteiger partial charge in [0.2, 0.25) is 5.91 Å². The summed E-state index contributed by atoms with van der Waals surface area (Å²) in [5.41, 5.74) is 1.76. The third-order valence-electron chi connectivity index (χ3n) is 6.45. The molecule has 3 aromatic carbocycles. The zero-order chi connectivity index (χ0) is 25.3. The molecule has 0 aliphatic heterocycles. The molecule has 0 heterocycles.